The summed E-state index contributed by atoms with van der Waals surface area (Å²) in [6.45, 7) is -0.892. The van der Waals surface area contributed by atoms with E-state index in [0.29, 0.717) is 12.1 Å². The number of hydrogen-bond donors (Lipinski definition) is 2. The van der Waals surface area contributed by atoms with Crippen molar-refractivity contribution >= 4 is 16.0 Å². The molecule has 1 aromatic rings. The van der Waals surface area contributed by atoms with E-state index in [-0.39, 0.29) is 13.2 Å². The van der Waals surface area contributed by atoms with Crippen molar-refractivity contribution < 1.29 is 31.8 Å². The molecular formula is C10H11F2NO5S. The molecule has 0 aliphatic rings. The number of carboxylic acids is 1. The second kappa shape index (κ2) is 6.55. The Morgan fingerprint density at radius 1 is 1.32 bits per heavy atom. The zero-order valence-corrected chi connectivity index (χ0v) is 10.4. The molecular weight excluding hydrogens is 284 g/mol. The van der Waals surface area contributed by atoms with Crippen molar-refractivity contribution in [1.29, 1.82) is 0 Å². The minimum absolute atomic E-state index is 0.158. The van der Waals surface area contributed by atoms with E-state index < -0.39 is 39.1 Å². The normalized spacial score (nSPS) is 11.5. The number of ether oxygens (including phenoxy) is 1. The van der Waals surface area contributed by atoms with Crippen LogP contribution in [0, 0.1) is 11.6 Å². The first-order valence-electron chi connectivity index (χ1n) is 5.07. The maximum Gasteiger partial charge on any atom is 0.329 e. The molecule has 0 aliphatic heterocycles. The highest BCUT2D eigenvalue weighted by Crippen LogP contribution is 2.13. The van der Waals surface area contributed by atoms with E-state index in [9.17, 15) is 22.0 Å². The predicted molar refractivity (Wildman–Crippen MR) is 60.0 cm³/mol. The highest BCUT2D eigenvalue weighted by atomic mass is 32.2. The van der Waals surface area contributed by atoms with Crippen LogP contribution < -0.4 is 4.72 Å². The summed E-state index contributed by atoms with van der Waals surface area (Å²) in [4.78, 5) is 9.68. The van der Waals surface area contributed by atoms with Gasteiger partial charge in [0, 0.05) is 6.54 Å². The molecule has 1 rings (SSSR count). The van der Waals surface area contributed by atoms with Gasteiger partial charge in [0.15, 0.2) is 11.6 Å². The molecule has 9 heteroatoms. The number of rotatable bonds is 7. The van der Waals surface area contributed by atoms with Gasteiger partial charge in [0.2, 0.25) is 10.0 Å². The summed E-state index contributed by atoms with van der Waals surface area (Å²) in [6.07, 6.45) is 0. The van der Waals surface area contributed by atoms with Gasteiger partial charge in [-0.2, -0.15) is 0 Å². The zero-order chi connectivity index (χ0) is 14.5. The van der Waals surface area contributed by atoms with Gasteiger partial charge in [-0.1, -0.05) is 0 Å². The lowest BCUT2D eigenvalue weighted by Gasteiger charge is -2.07. The second-order valence-corrected chi connectivity index (χ2v) is 5.19. The van der Waals surface area contributed by atoms with Crippen LogP contribution in [0.15, 0.2) is 23.1 Å². The number of halogens is 2. The number of benzene rings is 1. The first kappa shape index (κ1) is 15.5. The standard InChI is InChI=1S/C10H11F2NO5S/c11-8-2-1-7(5-9(8)12)19(16,17)13-3-4-18-6-10(14)15/h1-2,5,13H,3-4,6H2,(H,14,15). The summed E-state index contributed by atoms with van der Waals surface area (Å²) in [5, 5.41) is 8.27. The molecule has 0 heterocycles. The maximum absolute atomic E-state index is 12.9. The van der Waals surface area contributed by atoms with Crippen LogP contribution in [0.1, 0.15) is 0 Å². The monoisotopic (exact) mass is 295 g/mol. The Kier molecular flexibility index (Phi) is 5.33. The topological polar surface area (TPSA) is 92.7 Å². The van der Waals surface area contributed by atoms with E-state index in [1.807, 2.05) is 0 Å². The average molecular weight is 295 g/mol. The minimum Gasteiger partial charge on any atom is -0.480 e. The lowest BCUT2D eigenvalue weighted by Crippen LogP contribution is -2.28. The third-order valence-electron chi connectivity index (χ3n) is 1.97. The van der Waals surface area contributed by atoms with E-state index in [1.165, 1.54) is 0 Å². The minimum atomic E-state index is -3.98. The first-order valence-corrected chi connectivity index (χ1v) is 6.55. The van der Waals surface area contributed by atoms with E-state index in [2.05, 4.69) is 9.46 Å². The molecule has 0 aromatic heterocycles. The van der Waals surface area contributed by atoms with Crippen molar-refractivity contribution in [3.8, 4) is 0 Å². The van der Waals surface area contributed by atoms with E-state index in [1.54, 1.807) is 0 Å². The van der Waals surface area contributed by atoms with Gasteiger partial charge in [0.05, 0.1) is 11.5 Å². The largest absolute Gasteiger partial charge is 0.480 e. The molecule has 0 saturated carbocycles. The molecule has 0 amide bonds. The zero-order valence-electron chi connectivity index (χ0n) is 9.60. The molecule has 106 valence electrons. The summed E-state index contributed by atoms with van der Waals surface area (Å²) in [5.41, 5.74) is 0. The summed E-state index contributed by atoms with van der Waals surface area (Å²) >= 11 is 0. The molecule has 0 unspecified atom stereocenters. The first-order chi connectivity index (χ1) is 8.83. The van der Waals surface area contributed by atoms with Crippen LogP contribution >= 0.6 is 0 Å². The van der Waals surface area contributed by atoms with Crippen molar-refractivity contribution in [3.63, 3.8) is 0 Å². The fourth-order valence-corrected chi connectivity index (χ4v) is 2.16. The van der Waals surface area contributed by atoms with Crippen LogP contribution in [0.4, 0.5) is 8.78 Å². The fraction of sp³-hybridized carbons (Fsp3) is 0.300. The van der Waals surface area contributed by atoms with E-state index in [4.69, 9.17) is 5.11 Å². The van der Waals surface area contributed by atoms with Gasteiger partial charge in [0.25, 0.3) is 0 Å². The Balaban J connectivity index is 2.56. The number of aliphatic carboxylic acids is 1. The Hall–Kier alpha value is -1.58. The van der Waals surface area contributed by atoms with Gasteiger partial charge < -0.3 is 9.84 Å². The van der Waals surface area contributed by atoms with Crippen LogP contribution in [0.5, 0.6) is 0 Å². The molecule has 0 atom stereocenters. The van der Waals surface area contributed by atoms with Gasteiger partial charge in [-0.15, -0.1) is 0 Å². The SMILES string of the molecule is O=C(O)COCCNS(=O)(=O)c1ccc(F)c(F)c1. The van der Waals surface area contributed by atoms with Gasteiger partial charge in [-0.25, -0.2) is 26.7 Å². The van der Waals surface area contributed by atoms with Crippen molar-refractivity contribution in [2.75, 3.05) is 19.8 Å². The Labute approximate surface area is 108 Å². The van der Waals surface area contributed by atoms with Crippen molar-refractivity contribution in [2.45, 2.75) is 4.90 Å². The Morgan fingerprint density at radius 3 is 2.58 bits per heavy atom. The molecule has 19 heavy (non-hydrogen) atoms. The molecule has 0 saturated heterocycles. The highest BCUT2D eigenvalue weighted by Gasteiger charge is 2.15. The third-order valence-corrected chi connectivity index (χ3v) is 3.42. The molecule has 0 aliphatic carbocycles. The molecule has 0 spiro atoms. The fourth-order valence-electron chi connectivity index (χ4n) is 1.14. The second-order valence-electron chi connectivity index (χ2n) is 3.42. The Morgan fingerprint density at radius 2 is 2.00 bits per heavy atom. The number of carboxylic acid groups (broad SMARTS) is 1. The Bertz CT molecular complexity index is 561. The predicted octanol–water partition coefficient (Wildman–Crippen LogP) is 0.344. The lowest BCUT2D eigenvalue weighted by molar-refractivity contribution is -0.142. The molecule has 1 aromatic carbocycles. The molecule has 0 radical (unpaired) electrons. The summed E-state index contributed by atoms with van der Waals surface area (Å²) < 4.78 is 55.4. The van der Waals surface area contributed by atoms with Gasteiger partial charge in [0.1, 0.15) is 6.61 Å². The average Bonchev–Trinajstić information content (AvgIpc) is 2.31. The smallest absolute Gasteiger partial charge is 0.329 e. The number of hydrogen-bond acceptors (Lipinski definition) is 4. The van der Waals surface area contributed by atoms with Crippen molar-refractivity contribution in [2.24, 2.45) is 0 Å². The number of nitrogens with one attached hydrogen (secondary N) is 1. The van der Waals surface area contributed by atoms with Gasteiger partial charge in [-0.3, -0.25) is 0 Å². The molecule has 0 bridgehead atoms. The van der Waals surface area contributed by atoms with E-state index >= 15 is 0 Å². The van der Waals surface area contributed by atoms with Crippen LogP contribution in [-0.2, 0) is 19.6 Å². The summed E-state index contributed by atoms with van der Waals surface area (Å²) in [7, 11) is -3.98. The lowest BCUT2D eigenvalue weighted by atomic mass is 10.3. The number of sulfonamides is 1. The van der Waals surface area contributed by atoms with Crippen LogP contribution in [0.3, 0.4) is 0 Å². The highest BCUT2D eigenvalue weighted by molar-refractivity contribution is 7.89. The van der Waals surface area contributed by atoms with Crippen LogP contribution in [0.2, 0.25) is 0 Å². The van der Waals surface area contributed by atoms with Gasteiger partial charge in [-0.05, 0) is 18.2 Å². The van der Waals surface area contributed by atoms with E-state index in [0.717, 1.165) is 6.07 Å². The molecule has 2 N–H and O–H groups in total. The van der Waals surface area contributed by atoms with Crippen LogP contribution in [-0.4, -0.2) is 39.3 Å². The third kappa shape index (κ3) is 4.89. The maximum atomic E-state index is 12.9. The van der Waals surface area contributed by atoms with Crippen molar-refractivity contribution in [1.82, 2.24) is 4.72 Å². The van der Waals surface area contributed by atoms with Gasteiger partial charge >= 0.3 is 5.97 Å². The van der Waals surface area contributed by atoms with Crippen molar-refractivity contribution in [3.05, 3.63) is 29.8 Å². The molecule has 6 nitrogen and oxygen atoms in total. The summed E-state index contributed by atoms with van der Waals surface area (Å²) in [6, 6.07) is 2.17. The van der Waals surface area contributed by atoms with Crippen LogP contribution in [0.25, 0.3) is 0 Å². The summed E-state index contributed by atoms with van der Waals surface area (Å²) in [5.74, 6) is -3.60. The number of carbonyl (C=O) groups is 1. The molecule has 0 fully saturated rings. The quantitative estimate of drug-likeness (QED) is 0.708.